The van der Waals surface area contributed by atoms with Crippen LogP contribution in [0, 0.1) is 6.92 Å². The Balaban J connectivity index is 1.76. The molecule has 0 aliphatic carbocycles. The molecule has 3 nitrogen and oxygen atoms in total. The van der Waals surface area contributed by atoms with Crippen molar-refractivity contribution in [2.45, 2.75) is 13.3 Å². The average Bonchev–Trinajstić information content (AvgIpc) is 2.97. The molecule has 0 unspecified atom stereocenters. The van der Waals surface area contributed by atoms with Crippen LogP contribution in [0.15, 0.2) is 65.2 Å². The summed E-state index contributed by atoms with van der Waals surface area (Å²) in [7, 11) is 0. The Bertz CT molecular complexity index is 742. The number of carbonyl (C=O) groups excluding carboxylic acids is 1. The van der Waals surface area contributed by atoms with Crippen molar-refractivity contribution in [2.75, 3.05) is 0 Å². The summed E-state index contributed by atoms with van der Waals surface area (Å²) in [4.78, 5) is 12.1. The molecule has 0 spiro atoms. The fourth-order valence-corrected chi connectivity index (χ4v) is 2.14. The highest BCUT2D eigenvalue weighted by Gasteiger charge is 2.12. The third-order valence-electron chi connectivity index (χ3n) is 3.33. The van der Waals surface area contributed by atoms with Gasteiger partial charge in [-0.05, 0) is 6.92 Å². The Morgan fingerprint density at radius 1 is 1.05 bits per heavy atom. The number of nitrogens with zero attached hydrogens (tertiary/aromatic N) is 1. The second-order valence-electron chi connectivity index (χ2n) is 5.01. The lowest BCUT2D eigenvalue weighted by atomic mass is 10.1. The van der Waals surface area contributed by atoms with Gasteiger partial charge in [-0.25, -0.2) is 0 Å². The standard InChI is InChI=1S/C18H15NO2/c1-13-7-9-15(10-8-13)18-12-16(19-21-18)11-17(20)14-5-3-2-4-6-14/h2-10,12H,11H2,1H3. The van der Waals surface area contributed by atoms with Gasteiger partial charge in [0, 0.05) is 17.2 Å². The van der Waals surface area contributed by atoms with Crippen LogP contribution in [0.25, 0.3) is 11.3 Å². The molecule has 0 saturated heterocycles. The number of aromatic nitrogens is 1. The lowest BCUT2D eigenvalue weighted by Gasteiger charge is -1.97. The zero-order valence-electron chi connectivity index (χ0n) is 11.7. The van der Waals surface area contributed by atoms with Gasteiger partial charge in [0.15, 0.2) is 11.5 Å². The number of hydrogen-bond acceptors (Lipinski definition) is 3. The van der Waals surface area contributed by atoms with Crippen LogP contribution < -0.4 is 0 Å². The second kappa shape index (κ2) is 5.75. The molecular weight excluding hydrogens is 262 g/mol. The highest BCUT2D eigenvalue weighted by atomic mass is 16.5. The summed E-state index contributed by atoms with van der Waals surface area (Å²) in [5.74, 6) is 0.727. The molecule has 3 aromatic rings. The van der Waals surface area contributed by atoms with Crippen molar-refractivity contribution >= 4 is 5.78 Å². The number of Topliss-reactive ketones (excluding diaryl/α,β-unsaturated/α-hetero) is 1. The first kappa shape index (κ1) is 13.3. The van der Waals surface area contributed by atoms with E-state index in [1.807, 2.05) is 67.6 Å². The van der Waals surface area contributed by atoms with Gasteiger partial charge in [-0.3, -0.25) is 4.79 Å². The zero-order valence-corrected chi connectivity index (χ0v) is 11.7. The monoisotopic (exact) mass is 277 g/mol. The maximum absolute atomic E-state index is 12.1. The summed E-state index contributed by atoms with van der Waals surface area (Å²) in [6.07, 6.45) is 0.249. The molecule has 1 aromatic heterocycles. The topological polar surface area (TPSA) is 43.1 Å². The lowest BCUT2D eigenvalue weighted by molar-refractivity contribution is 0.0991. The molecule has 3 rings (SSSR count). The van der Waals surface area contributed by atoms with E-state index in [9.17, 15) is 4.79 Å². The van der Waals surface area contributed by atoms with Crippen LogP contribution in [0.3, 0.4) is 0 Å². The second-order valence-corrected chi connectivity index (χ2v) is 5.01. The first-order chi connectivity index (χ1) is 10.2. The molecule has 104 valence electrons. The minimum absolute atomic E-state index is 0.0411. The molecular formula is C18H15NO2. The molecule has 3 heteroatoms. The average molecular weight is 277 g/mol. The Labute approximate surface area is 123 Å². The lowest BCUT2D eigenvalue weighted by Crippen LogP contribution is -2.03. The summed E-state index contributed by atoms with van der Waals surface area (Å²) < 4.78 is 5.33. The van der Waals surface area contributed by atoms with Crippen LogP contribution in [0.2, 0.25) is 0 Å². The largest absolute Gasteiger partial charge is 0.356 e. The number of ketones is 1. The normalized spacial score (nSPS) is 10.5. The molecule has 21 heavy (non-hydrogen) atoms. The fraction of sp³-hybridized carbons (Fsp3) is 0.111. The maximum Gasteiger partial charge on any atom is 0.168 e. The summed E-state index contributed by atoms with van der Waals surface area (Å²) in [6, 6.07) is 19.1. The molecule has 0 amide bonds. The van der Waals surface area contributed by atoms with E-state index in [0.717, 1.165) is 5.56 Å². The molecule has 0 atom stereocenters. The number of carbonyl (C=O) groups is 1. The molecule has 0 radical (unpaired) electrons. The van der Waals surface area contributed by atoms with Crippen LogP contribution in [0.4, 0.5) is 0 Å². The summed E-state index contributed by atoms with van der Waals surface area (Å²) in [6.45, 7) is 2.04. The van der Waals surface area contributed by atoms with Crippen LogP contribution in [-0.2, 0) is 6.42 Å². The van der Waals surface area contributed by atoms with Crippen LogP contribution in [0.5, 0.6) is 0 Å². The predicted octanol–water partition coefficient (Wildman–Crippen LogP) is 4.08. The van der Waals surface area contributed by atoms with Crippen molar-refractivity contribution in [3.63, 3.8) is 0 Å². The molecule has 0 bridgehead atoms. The van der Waals surface area contributed by atoms with Crippen molar-refractivity contribution in [3.8, 4) is 11.3 Å². The van der Waals surface area contributed by atoms with Crippen LogP contribution in [0.1, 0.15) is 21.6 Å². The van der Waals surface area contributed by atoms with E-state index in [-0.39, 0.29) is 12.2 Å². The Morgan fingerprint density at radius 3 is 2.48 bits per heavy atom. The maximum atomic E-state index is 12.1. The first-order valence-corrected chi connectivity index (χ1v) is 6.83. The molecule has 0 aliphatic rings. The molecule has 0 N–H and O–H groups in total. The van der Waals surface area contributed by atoms with Crippen LogP contribution in [-0.4, -0.2) is 10.9 Å². The van der Waals surface area contributed by atoms with E-state index < -0.39 is 0 Å². The molecule has 0 fully saturated rings. The fourth-order valence-electron chi connectivity index (χ4n) is 2.14. The van der Waals surface area contributed by atoms with E-state index in [0.29, 0.717) is 17.0 Å². The van der Waals surface area contributed by atoms with Gasteiger partial charge in [-0.1, -0.05) is 65.3 Å². The molecule has 1 heterocycles. The van der Waals surface area contributed by atoms with Crippen molar-refractivity contribution in [2.24, 2.45) is 0 Å². The van der Waals surface area contributed by atoms with E-state index in [2.05, 4.69) is 5.16 Å². The van der Waals surface area contributed by atoms with Gasteiger partial charge in [0.1, 0.15) is 0 Å². The zero-order chi connectivity index (χ0) is 14.7. The van der Waals surface area contributed by atoms with Gasteiger partial charge < -0.3 is 4.52 Å². The Kier molecular flexibility index (Phi) is 3.65. The predicted molar refractivity (Wildman–Crippen MR) is 81.2 cm³/mol. The van der Waals surface area contributed by atoms with Crippen LogP contribution >= 0.6 is 0 Å². The van der Waals surface area contributed by atoms with Crippen molar-refractivity contribution in [3.05, 3.63) is 77.5 Å². The first-order valence-electron chi connectivity index (χ1n) is 6.83. The smallest absolute Gasteiger partial charge is 0.168 e. The Hall–Kier alpha value is -2.68. The Morgan fingerprint density at radius 2 is 1.76 bits per heavy atom. The van der Waals surface area contributed by atoms with E-state index in [4.69, 9.17) is 4.52 Å². The molecule has 0 saturated carbocycles. The summed E-state index contributed by atoms with van der Waals surface area (Å²) in [5.41, 5.74) is 3.50. The van der Waals surface area contributed by atoms with Gasteiger partial charge in [-0.2, -0.15) is 0 Å². The molecule has 0 aliphatic heterocycles. The number of rotatable bonds is 4. The van der Waals surface area contributed by atoms with Gasteiger partial charge >= 0.3 is 0 Å². The van der Waals surface area contributed by atoms with E-state index >= 15 is 0 Å². The number of aryl methyl sites for hydroxylation is 1. The van der Waals surface area contributed by atoms with Crippen molar-refractivity contribution < 1.29 is 9.32 Å². The van der Waals surface area contributed by atoms with Gasteiger partial charge in [-0.15, -0.1) is 0 Å². The highest BCUT2D eigenvalue weighted by molar-refractivity contribution is 5.97. The number of benzene rings is 2. The van der Waals surface area contributed by atoms with Gasteiger partial charge in [0.05, 0.1) is 12.1 Å². The van der Waals surface area contributed by atoms with Crippen molar-refractivity contribution in [1.29, 1.82) is 0 Å². The van der Waals surface area contributed by atoms with Crippen molar-refractivity contribution in [1.82, 2.24) is 5.16 Å². The minimum atomic E-state index is 0.0411. The number of hydrogen-bond donors (Lipinski definition) is 0. The minimum Gasteiger partial charge on any atom is -0.356 e. The quantitative estimate of drug-likeness (QED) is 0.675. The summed E-state index contributed by atoms with van der Waals surface area (Å²) in [5, 5.41) is 3.98. The van der Waals surface area contributed by atoms with E-state index in [1.165, 1.54) is 5.56 Å². The van der Waals surface area contributed by atoms with Gasteiger partial charge in [0.25, 0.3) is 0 Å². The van der Waals surface area contributed by atoms with Gasteiger partial charge in [0.2, 0.25) is 0 Å². The SMILES string of the molecule is Cc1ccc(-c2cc(CC(=O)c3ccccc3)no2)cc1. The highest BCUT2D eigenvalue weighted by Crippen LogP contribution is 2.21. The third-order valence-corrected chi connectivity index (χ3v) is 3.33. The molecule has 2 aromatic carbocycles. The third kappa shape index (κ3) is 3.08. The van der Waals surface area contributed by atoms with E-state index in [1.54, 1.807) is 0 Å². The summed E-state index contributed by atoms with van der Waals surface area (Å²) >= 11 is 0.